The van der Waals surface area contributed by atoms with Gasteiger partial charge in [0.2, 0.25) is 5.88 Å². The minimum absolute atomic E-state index is 0.0119. The molecule has 0 aliphatic heterocycles. The predicted octanol–water partition coefficient (Wildman–Crippen LogP) is 3.19. The van der Waals surface area contributed by atoms with E-state index in [1.165, 1.54) is 37.4 Å². The van der Waals surface area contributed by atoms with E-state index in [9.17, 15) is 39.9 Å². The number of hydrogen-bond donors (Lipinski definition) is 2. The predicted molar refractivity (Wildman–Crippen MR) is 130 cm³/mol. The number of nitrogens with zero attached hydrogens (tertiary/aromatic N) is 3. The molecule has 0 atom stereocenters. The number of anilines is 1. The molecule has 200 valence electrons. The van der Waals surface area contributed by atoms with Crippen molar-refractivity contribution in [1.29, 1.82) is 0 Å². The van der Waals surface area contributed by atoms with Crippen LogP contribution in [0, 0.1) is 6.92 Å². The highest BCUT2D eigenvalue weighted by Crippen LogP contribution is 2.31. The molecule has 2 aromatic carbocycles. The van der Waals surface area contributed by atoms with Crippen molar-refractivity contribution in [3.05, 3.63) is 94.7 Å². The summed E-state index contributed by atoms with van der Waals surface area (Å²) in [4.78, 5) is 16.1. The molecule has 0 aliphatic rings. The van der Waals surface area contributed by atoms with Gasteiger partial charge in [-0.25, -0.2) is 31.2 Å². The Labute approximate surface area is 214 Å². The summed E-state index contributed by atoms with van der Waals surface area (Å²) in [6, 6.07) is 13.8. The molecule has 15 heteroatoms. The van der Waals surface area contributed by atoms with E-state index in [0.717, 1.165) is 21.3 Å². The molecule has 0 saturated heterocycles. The van der Waals surface area contributed by atoms with Gasteiger partial charge in [-0.2, -0.15) is 13.2 Å². The Bertz CT molecular complexity index is 1760. The zero-order valence-corrected chi connectivity index (χ0v) is 21.0. The van der Waals surface area contributed by atoms with E-state index in [-0.39, 0.29) is 28.6 Å². The first-order valence-electron chi connectivity index (χ1n) is 10.7. The normalized spacial score (nSPS) is 12.4. The number of nitrogens with one attached hydrogen (secondary N) is 1. The topological polar surface area (TPSA) is 140 Å². The second-order valence-electron chi connectivity index (χ2n) is 8.02. The highest BCUT2D eigenvalue weighted by atomic mass is 32.2. The first-order valence-corrected chi connectivity index (χ1v) is 13.6. The molecule has 0 amide bonds. The van der Waals surface area contributed by atoms with Crippen molar-refractivity contribution in [3.63, 3.8) is 0 Å². The summed E-state index contributed by atoms with van der Waals surface area (Å²) in [5.41, 5.74) is -5.78. The maximum absolute atomic E-state index is 13.1. The van der Waals surface area contributed by atoms with Crippen LogP contribution in [0.1, 0.15) is 11.3 Å². The number of benzene rings is 2. The average molecular weight is 569 g/mol. The van der Waals surface area contributed by atoms with Crippen molar-refractivity contribution < 1.29 is 35.1 Å². The number of hydrogen-bond acceptors (Lipinski definition) is 7. The quantitative estimate of drug-likeness (QED) is 0.349. The van der Waals surface area contributed by atoms with E-state index >= 15 is 0 Å². The van der Waals surface area contributed by atoms with Gasteiger partial charge in [0.1, 0.15) is 5.82 Å². The fraction of sp³-hybridized carbons (Fsp3) is 0.130. The number of aromatic nitrogens is 3. The van der Waals surface area contributed by atoms with Crippen LogP contribution >= 0.6 is 0 Å². The van der Waals surface area contributed by atoms with E-state index in [1.807, 2.05) is 0 Å². The van der Waals surface area contributed by atoms with Crippen LogP contribution in [0.5, 0.6) is 5.88 Å². The van der Waals surface area contributed by atoms with Crippen molar-refractivity contribution in [2.45, 2.75) is 28.8 Å². The molecule has 4 rings (SSSR count). The summed E-state index contributed by atoms with van der Waals surface area (Å²) in [6.07, 6.45) is 1.33. The standard InChI is InChI=1S/C23H19F3N4O6S2/c1-15-21(31)30(17-7-9-18(10-8-17)37(33,34)23(24,25)26)22(32)29(15)14-16-11-12-27-20(13-16)28-38(35,36)19-5-3-2-4-6-19/h2-13,31H,14H2,1H3,(H,27,28). The minimum atomic E-state index is -5.58. The Morgan fingerprint density at radius 3 is 2.18 bits per heavy atom. The molecule has 2 N–H and O–H groups in total. The van der Waals surface area contributed by atoms with Gasteiger partial charge < -0.3 is 5.11 Å². The monoisotopic (exact) mass is 568 g/mol. The smallest absolute Gasteiger partial charge is 0.493 e. The van der Waals surface area contributed by atoms with Gasteiger partial charge in [0.05, 0.1) is 27.7 Å². The van der Waals surface area contributed by atoms with Crippen molar-refractivity contribution in [2.24, 2.45) is 0 Å². The van der Waals surface area contributed by atoms with Gasteiger partial charge in [-0.1, -0.05) is 18.2 Å². The van der Waals surface area contributed by atoms with Crippen molar-refractivity contribution in [2.75, 3.05) is 4.72 Å². The molecule has 0 fully saturated rings. The van der Waals surface area contributed by atoms with E-state index < -0.39 is 41.8 Å². The number of pyridine rings is 1. The van der Waals surface area contributed by atoms with E-state index in [1.54, 1.807) is 18.2 Å². The fourth-order valence-corrected chi connectivity index (χ4v) is 5.35. The molecule has 10 nitrogen and oxygen atoms in total. The first kappa shape index (κ1) is 26.9. The second-order valence-corrected chi connectivity index (χ2v) is 11.6. The largest absolute Gasteiger partial charge is 0.501 e. The second kappa shape index (κ2) is 9.64. The molecule has 38 heavy (non-hydrogen) atoms. The maximum atomic E-state index is 13.1. The number of sulfonamides is 1. The van der Waals surface area contributed by atoms with Gasteiger partial charge in [0, 0.05) is 6.20 Å². The minimum Gasteiger partial charge on any atom is -0.493 e. The fourth-order valence-electron chi connectivity index (χ4n) is 3.57. The van der Waals surface area contributed by atoms with Crippen molar-refractivity contribution >= 4 is 25.7 Å². The Morgan fingerprint density at radius 2 is 1.58 bits per heavy atom. The molecule has 0 unspecified atom stereocenters. The lowest BCUT2D eigenvalue weighted by molar-refractivity contribution is -0.0436. The number of imidazole rings is 1. The summed E-state index contributed by atoms with van der Waals surface area (Å²) in [5.74, 6) is -0.525. The number of aromatic hydroxyl groups is 1. The zero-order chi connectivity index (χ0) is 27.9. The molecular weight excluding hydrogens is 549 g/mol. The Kier molecular flexibility index (Phi) is 6.84. The first-order chi connectivity index (χ1) is 17.7. The number of sulfone groups is 1. The molecule has 2 heterocycles. The average Bonchev–Trinajstić information content (AvgIpc) is 3.07. The van der Waals surface area contributed by atoms with Crippen LogP contribution in [0.15, 0.2) is 87.5 Å². The van der Waals surface area contributed by atoms with Gasteiger partial charge >= 0.3 is 11.2 Å². The summed E-state index contributed by atoms with van der Waals surface area (Å²) in [7, 11) is -9.50. The zero-order valence-electron chi connectivity index (χ0n) is 19.4. The van der Waals surface area contributed by atoms with Gasteiger partial charge in [-0.15, -0.1) is 0 Å². The summed E-state index contributed by atoms with van der Waals surface area (Å²) in [6.45, 7) is 1.31. The Morgan fingerprint density at radius 1 is 0.947 bits per heavy atom. The molecule has 0 bridgehead atoms. The van der Waals surface area contributed by atoms with Crippen LogP contribution < -0.4 is 10.4 Å². The van der Waals surface area contributed by atoms with Crippen LogP contribution in [-0.2, 0) is 26.4 Å². The van der Waals surface area contributed by atoms with Crippen LogP contribution in [0.2, 0.25) is 0 Å². The van der Waals surface area contributed by atoms with Gasteiger partial charge in [-0.05, 0) is 61.0 Å². The molecular formula is C23H19F3N4O6S2. The third kappa shape index (κ3) is 5.02. The number of halogens is 3. The highest BCUT2D eigenvalue weighted by Gasteiger charge is 2.46. The van der Waals surface area contributed by atoms with Gasteiger partial charge in [-0.3, -0.25) is 9.29 Å². The van der Waals surface area contributed by atoms with Crippen molar-refractivity contribution in [3.8, 4) is 11.6 Å². The summed E-state index contributed by atoms with van der Waals surface area (Å²) >= 11 is 0. The lowest BCUT2D eigenvalue weighted by Crippen LogP contribution is -2.25. The molecule has 0 spiro atoms. The third-order valence-corrected chi connectivity index (χ3v) is 8.40. The van der Waals surface area contributed by atoms with Crippen molar-refractivity contribution in [1.82, 2.24) is 14.1 Å². The molecule has 4 aromatic rings. The van der Waals surface area contributed by atoms with Gasteiger partial charge in [0.15, 0.2) is 0 Å². The van der Waals surface area contributed by atoms with E-state index in [0.29, 0.717) is 17.7 Å². The Hall–Kier alpha value is -4.11. The van der Waals surface area contributed by atoms with Crippen LogP contribution in [-0.4, -0.2) is 41.6 Å². The summed E-state index contributed by atoms with van der Waals surface area (Å²) in [5, 5.41) is 10.6. The van der Waals surface area contributed by atoms with E-state index in [4.69, 9.17) is 0 Å². The third-order valence-electron chi connectivity index (χ3n) is 5.53. The molecule has 2 aromatic heterocycles. The Balaban J connectivity index is 1.64. The van der Waals surface area contributed by atoms with Gasteiger partial charge in [0.25, 0.3) is 19.9 Å². The number of alkyl halides is 3. The number of rotatable bonds is 7. The molecule has 0 radical (unpaired) electrons. The SMILES string of the molecule is Cc1c(O)n(-c2ccc(S(=O)(=O)C(F)(F)F)cc2)c(=O)n1Cc1ccnc(NS(=O)(=O)c2ccccc2)c1. The molecule has 0 aliphatic carbocycles. The van der Waals surface area contributed by atoms with Crippen LogP contribution in [0.3, 0.4) is 0 Å². The van der Waals surface area contributed by atoms with Crippen LogP contribution in [0.4, 0.5) is 19.0 Å². The van der Waals surface area contributed by atoms with Crippen LogP contribution in [0.25, 0.3) is 5.69 Å². The lowest BCUT2D eigenvalue weighted by Gasteiger charge is -2.09. The summed E-state index contributed by atoms with van der Waals surface area (Å²) < 4.78 is 91.1. The van der Waals surface area contributed by atoms with E-state index in [2.05, 4.69) is 9.71 Å². The highest BCUT2D eigenvalue weighted by molar-refractivity contribution is 7.92. The molecule has 0 saturated carbocycles. The lowest BCUT2D eigenvalue weighted by atomic mass is 10.2. The maximum Gasteiger partial charge on any atom is 0.501 e.